The van der Waals surface area contributed by atoms with Crippen LogP contribution in [0.1, 0.15) is 30.1 Å². The van der Waals surface area contributed by atoms with Gasteiger partial charge in [0.15, 0.2) is 11.6 Å². The topological polar surface area (TPSA) is 113 Å². The Morgan fingerprint density at radius 1 is 1.19 bits per heavy atom. The number of carboxylic acids is 1. The van der Waals surface area contributed by atoms with Gasteiger partial charge in [0.25, 0.3) is 10.0 Å². The minimum absolute atomic E-state index is 0.0563. The molecule has 1 atom stereocenters. The van der Waals surface area contributed by atoms with Gasteiger partial charge in [-0.3, -0.25) is 9.52 Å². The number of sulfonamides is 1. The highest BCUT2D eigenvalue weighted by atomic mass is 32.2. The lowest BCUT2D eigenvalue weighted by molar-refractivity contribution is -0.148. The molecule has 2 aromatic carbocycles. The van der Waals surface area contributed by atoms with Crippen LogP contribution in [0.5, 0.6) is 0 Å². The van der Waals surface area contributed by atoms with Crippen LogP contribution in [0, 0.1) is 17.6 Å². The molecular formula is C21H22F2N2O6S. The Morgan fingerprint density at radius 3 is 2.59 bits per heavy atom. The molecule has 1 aliphatic heterocycles. The van der Waals surface area contributed by atoms with E-state index in [0.717, 1.165) is 12.1 Å². The molecule has 0 saturated carbocycles. The third-order valence-electron chi connectivity index (χ3n) is 5.07. The molecule has 0 aromatic heterocycles. The molecule has 0 aliphatic carbocycles. The van der Waals surface area contributed by atoms with E-state index in [1.165, 1.54) is 12.1 Å². The first-order chi connectivity index (χ1) is 15.1. The van der Waals surface area contributed by atoms with Crippen molar-refractivity contribution < 1.29 is 36.6 Å². The predicted octanol–water partition coefficient (Wildman–Crippen LogP) is 3.24. The van der Waals surface area contributed by atoms with Gasteiger partial charge in [0.2, 0.25) is 0 Å². The lowest BCUT2D eigenvalue weighted by atomic mass is 9.97. The molecule has 3 rings (SSSR count). The highest BCUT2D eigenvalue weighted by molar-refractivity contribution is 7.92. The first-order valence-electron chi connectivity index (χ1n) is 9.89. The van der Waals surface area contributed by atoms with Gasteiger partial charge in [0.1, 0.15) is 0 Å². The fourth-order valence-electron chi connectivity index (χ4n) is 3.52. The number of aromatic carboxylic acids is 1. The molecule has 0 spiro atoms. The van der Waals surface area contributed by atoms with Gasteiger partial charge in [-0.05, 0) is 56.2 Å². The van der Waals surface area contributed by atoms with E-state index in [9.17, 15) is 31.9 Å². The third kappa shape index (κ3) is 5.16. The fraction of sp³-hybridized carbons (Fsp3) is 0.333. The Hall–Kier alpha value is -3.21. The van der Waals surface area contributed by atoms with Crippen LogP contribution in [0.2, 0.25) is 0 Å². The summed E-state index contributed by atoms with van der Waals surface area (Å²) in [6.45, 7) is 2.70. The monoisotopic (exact) mass is 468 g/mol. The van der Waals surface area contributed by atoms with Crippen molar-refractivity contribution in [1.82, 2.24) is 0 Å². The summed E-state index contributed by atoms with van der Waals surface area (Å²) in [6.07, 6.45) is 1.25. The number of benzene rings is 2. The zero-order valence-corrected chi connectivity index (χ0v) is 18.0. The van der Waals surface area contributed by atoms with Gasteiger partial charge in [-0.15, -0.1) is 0 Å². The van der Waals surface area contributed by atoms with E-state index >= 15 is 0 Å². The number of carboxylic acid groups (broad SMARTS) is 1. The van der Waals surface area contributed by atoms with Gasteiger partial charge in [0, 0.05) is 13.1 Å². The van der Waals surface area contributed by atoms with Crippen molar-refractivity contribution in [2.45, 2.75) is 24.7 Å². The van der Waals surface area contributed by atoms with Crippen molar-refractivity contribution in [1.29, 1.82) is 0 Å². The molecule has 1 saturated heterocycles. The normalized spacial score (nSPS) is 16.5. The van der Waals surface area contributed by atoms with E-state index in [1.54, 1.807) is 11.8 Å². The summed E-state index contributed by atoms with van der Waals surface area (Å²) in [5, 5.41) is 9.32. The van der Waals surface area contributed by atoms with Gasteiger partial charge in [-0.2, -0.15) is 0 Å². The van der Waals surface area contributed by atoms with Crippen molar-refractivity contribution >= 4 is 33.3 Å². The number of halogens is 2. The van der Waals surface area contributed by atoms with Gasteiger partial charge in [-0.1, -0.05) is 0 Å². The average Bonchev–Trinajstić information content (AvgIpc) is 2.75. The van der Waals surface area contributed by atoms with Crippen LogP contribution in [0.15, 0.2) is 41.3 Å². The van der Waals surface area contributed by atoms with Gasteiger partial charge in [-0.25, -0.2) is 22.0 Å². The summed E-state index contributed by atoms with van der Waals surface area (Å²) in [5.41, 5.74) is 0.130. The summed E-state index contributed by atoms with van der Waals surface area (Å²) in [5.74, 6) is -4.58. The predicted molar refractivity (Wildman–Crippen MR) is 112 cm³/mol. The van der Waals surface area contributed by atoms with Crippen LogP contribution >= 0.6 is 0 Å². The molecule has 11 heteroatoms. The quantitative estimate of drug-likeness (QED) is 0.600. The summed E-state index contributed by atoms with van der Waals surface area (Å²) in [7, 11) is -4.36. The number of piperidine rings is 1. The summed E-state index contributed by atoms with van der Waals surface area (Å²) >= 11 is 0. The van der Waals surface area contributed by atoms with Crippen LogP contribution in [0.25, 0.3) is 0 Å². The number of carbonyl (C=O) groups is 2. The molecule has 0 radical (unpaired) electrons. The molecule has 1 aliphatic rings. The number of nitrogens with zero attached hydrogens (tertiary/aromatic N) is 1. The number of carbonyl (C=O) groups excluding carboxylic acids is 1. The Bertz CT molecular complexity index is 1140. The lowest BCUT2D eigenvalue weighted by Gasteiger charge is -2.34. The largest absolute Gasteiger partial charge is 0.478 e. The third-order valence-corrected chi connectivity index (χ3v) is 6.43. The number of anilines is 2. The van der Waals surface area contributed by atoms with E-state index in [4.69, 9.17) is 4.74 Å². The number of hydrogen-bond acceptors (Lipinski definition) is 6. The number of esters is 1. The van der Waals surface area contributed by atoms with Gasteiger partial charge < -0.3 is 14.7 Å². The Morgan fingerprint density at radius 2 is 1.94 bits per heavy atom. The molecule has 0 bridgehead atoms. The maximum absolute atomic E-state index is 13.6. The van der Waals surface area contributed by atoms with Crippen LogP contribution in [0.4, 0.5) is 20.2 Å². The SMILES string of the molecule is CCOC(=O)[C@H]1CCCN(c2ccc(C(=O)O)cc2NS(=O)(=O)c2ccc(F)c(F)c2)C1. The minimum atomic E-state index is -4.36. The molecule has 32 heavy (non-hydrogen) atoms. The van der Waals surface area contributed by atoms with E-state index in [0.29, 0.717) is 37.2 Å². The maximum Gasteiger partial charge on any atom is 0.335 e. The highest BCUT2D eigenvalue weighted by Crippen LogP contribution is 2.33. The maximum atomic E-state index is 13.6. The number of nitrogens with one attached hydrogen (secondary N) is 1. The van der Waals surface area contributed by atoms with E-state index in [2.05, 4.69) is 4.72 Å². The standard InChI is InChI=1S/C21H22F2N2O6S/c1-2-31-21(28)14-4-3-9-25(12-14)19-8-5-13(20(26)27)10-18(19)24-32(29,30)15-6-7-16(22)17(23)11-15/h5-8,10-11,14,24H,2-4,9,12H2,1H3,(H,26,27)/t14-/m0/s1. The molecule has 2 aromatic rings. The second kappa shape index (κ2) is 9.51. The Kier molecular flexibility index (Phi) is 6.97. The summed E-state index contributed by atoms with van der Waals surface area (Å²) in [6, 6.07) is 6.03. The molecule has 2 N–H and O–H groups in total. The molecule has 172 valence electrons. The second-order valence-electron chi connectivity index (χ2n) is 7.26. The van der Waals surface area contributed by atoms with Crippen molar-refractivity contribution in [2.75, 3.05) is 29.3 Å². The first-order valence-corrected chi connectivity index (χ1v) is 11.4. The second-order valence-corrected chi connectivity index (χ2v) is 8.94. The number of hydrogen-bond donors (Lipinski definition) is 2. The Balaban J connectivity index is 1.97. The summed E-state index contributed by atoms with van der Waals surface area (Å²) in [4.78, 5) is 24.8. The Labute approximate surface area is 183 Å². The van der Waals surface area contributed by atoms with Gasteiger partial charge >= 0.3 is 11.9 Å². The van der Waals surface area contributed by atoms with Crippen LogP contribution < -0.4 is 9.62 Å². The fourth-order valence-corrected chi connectivity index (χ4v) is 4.60. The van der Waals surface area contributed by atoms with E-state index in [-0.39, 0.29) is 30.4 Å². The lowest BCUT2D eigenvalue weighted by Crippen LogP contribution is -2.39. The van der Waals surface area contributed by atoms with Gasteiger partial charge in [0.05, 0.1) is 34.4 Å². The number of rotatable bonds is 7. The average molecular weight is 468 g/mol. The van der Waals surface area contributed by atoms with Crippen LogP contribution in [0.3, 0.4) is 0 Å². The zero-order chi connectivity index (χ0) is 23.5. The first kappa shape index (κ1) is 23.5. The van der Waals surface area contributed by atoms with Crippen molar-refractivity contribution in [3.05, 3.63) is 53.6 Å². The van der Waals surface area contributed by atoms with Crippen molar-refractivity contribution in [3.8, 4) is 0 Å². The van der Waals surface area contributed by atoms with Crippen molar-refractivity contribution in [3.63, 3.8) is 0 Å². The molecular weight excluding hydrogens is 446 g/mol. The van der Waals surface area contributed by atoms with E-state index in [1.807, 2.05) is 0 Å². The molecule has 0 unspecified atom stereocenters. The van der Waals surface area contributed by atoms with Crippen molar-refractivity contribution in [2.24, 2.45) is 5.92 Å². The number of ether oxygens (including phenoxy) is 1. The van der Waals surface area contributed by atoms with Crippen LogP contribution in [-0.2, 0) is 19.6 Å². The molecule has 1 fully saturated rings. The minimum Gasteiger partial charge on any atom is -0.478 e. The zero-order valence-electron chi connectivity index (χ0n) is 17.2. The van der Waals surface area contributed by atoms with E-state index < -0.39 is 38.4 Å². The smallest absolute Gasteiger partial charge is 0.335 e. The van der Waals surface area contributed by atoms with Crippen LogP contribution in [-0.4, -0.2) is 45.2 Å². The molecule has 8 nitrogen and oxygen atoms in total. The summed E-state index contributed by atoms with van der Waals surface area (Å²) < 4.78 is 59.7. The highest BCUT2D eigenvalue weighted by Gasteiger charge is 2.29. The molecule has 1 heterocycles. The molecule has 0 amide bonds.